The van der Waals surface area contributed by atoms with Gasteiger partial charge in [0, 0.05) is 6.07 Å². The van der Waals surface area contributed by atoms with Crippen molar-refractivity contribution in [1.29, 1.82) is 0 Å². The van der Waals surface area contributed by atoms with Crippen LogP contribution in [0.25, 0.3) is 0 Å². The third kappa shape index (κ3) is 2.45. The van der Waals surface area contributed by atoms with E-state index in [1.54, 1.807) is 0 Å². The third-order valence-electron chi connectivity index (χ3n) is 1.98. The number of nitrogens with zero attached hydrogens (tertiary/aromatic N) is 2. The van der Waals surface area contributed by atoms with E-state index in [4.69, 9.17) is 5.73 Å². The number of anilines is 2. The Labute approximate surface area is 108 Å². The predicted octanol–water partition coefficient (Wildman–Crippen LogP) is 1.68. The maximum atomic E-state index is 13.4. The van der Waals surface area contributed by atoms with E-state index in [2.05, 4.69) is 36.4 Å². The van der Waals surface area contributed by atoms with Crippen LogP contribution in [0, 0.1) is 11.6 Å². The molecule has 2 rings (SSSR count). The van der Waals surface area contributed by atoms with Gasteiger partial charge < -0.3 is 11.1 Å². The van der Waals surface area contributed by atoms with Crippen LogP contribution in [0.1, 0.15) is 10.6 Å². The van der Waals surface area contributed by atoms with Crippen molar-refractivity contribution in [2.75, 3.05) is 11.1 Å². The number of nitrogens with two attached hydrogens (primary N) is 1. The molecule has 2 aromatic rings. The standard InChI is InChI=1S/C9H6BrF2N5O/c10-3-1-6(5(12)2-4(3)11)14-8(18)7-15-9(13)17-16-7/h1-2H,(H,14,18)(H3,13,15,16,17). The summed E-state index contributed by atoms with van der Waals surface area (Å²) < 4.78 is 26.4. The summed E-state index contributed by atoms with van der Waals surface area (Å²) in [5, 5.41) is 7.92. The first-order chi connectivity index (χ1) is 8.47. The van der Waals surface area contributed by atoms with Gasteiger partial charge in [-0.1, -0.05) is 0 Å². The minimum atomic E-state index is -0.906. The first kappa shape index (κ1) is 12.4. The number of aromatic amines is 1. The van der Waals surface area contributed by atoms with Crippen LogP contribution in [0.2, 0.25) is 0 Å². The molecule has 94 valence electrons. The molecule has 0 unspecified atom stereocenters. The molecule has 0 aliphatic carbocycles. The number of halogens is 3. The summed E-state index contributed by atoms with van der Waals surface area (Å²) in [6.45, 7) is 0. The lowest BCUT2D eigenvalue weighted by molar-refractivity contribution is 0.101. The minimum absolute atomic E-state index is 0.0243. The first-order valence-corrected chi connectivity index (χ1v) is 5.40. The van der Waals surface area contributed by atoms with E-state index in [1.165, 1.54) is 0 Å². The van der Waals surface area contributed by atoms with Gasteiger partial charge in [0.15, 0.2) is 0 Å². The van der Waals surface area contributed by atoms with Gasteiger partial charge in [0.1, 0.15) is 11.6 Å². The van der Waals surface area contributed by atoms with Crippen molar-refractivity contribution in [1.82, 2.24) is 15.2 Å². The van der Waals surface area contributed by atoms with Gasteiger partial charge in [-0.3, -0.25) is 9.89 Å². The number of rotatable bonds is 2. The summed E-state index contributed by atoms with van der Waals surface area (Å²) >= 11 is 2.88. The third-order valence-corrected chi connectivity index (χ3v) is 2.58. The number of hydrogen-bond donors (Lipinski definition) is 3. The largest absolute Gasteiger partial charge is 0.366 e. The Morgan fingerprint density at radius 3 is 2.72 bits per heavy atom. The van der Waals surface area contributed by atoms with Crippen molar-refractivity contribution >= 4 is 33.5 Å². The molecule has 4 N–H and O–H groups in total. The number of aromatic nitrogens is 3. The molecule has 0 atom stereocenters. The fourth-order valence-corrected chi connectivity index (χ4v) is 1.52. The lowest BCUT2D eigenvalue weighted by Gasteiger charge is -2.05. The van der Waals surface area contributed by atoms with Gasteiger partial charge in [0.05, 0.1) is 10.2 Å². The minimum Gasteiger partial charge on any atom is -0.366 e. The van der Waals surface area contributed by atoms with E-state index < -0.39 is 17.5 Å². The van der Waals surface area contributed by atoms with Crippen LogP contribution < -0.4 is 11.1 Å². The number of H-pyrrole nitrogens is 1. The second-order valence-electron chi connectivity index (χ2n) is 3.24. The fourth-order valence-electron chi connectivity index (χ4n) is 1.18. The van der Waals surface area contributed by atoms with Gasteiger partial charge in [-0.25, -0.2) is 8.78 Å². The van der Waals surface area contributed by atoms with E-state index in [9.17, 15) is 13.6 Å². The number of hydrogen-bond acceptors (Lipinski definition) is 4. The molecule has 1 aromatic carbocycles. The van der Waals surface area contributed by atoms with Crippen molar-refractivity contribution in [2.45, 2.75) is 0 Å². The molecule has 0 aliphatic rings. The molecule has 1 aromatic heterocycles. The molecule has 9 heteroatoms. The number of carbonyl (C=O) groups excluding carboxylic acids is 1. The van der Waals surface area contributed by atoms with Crippen LogP contribution in [0.3, 0.4) is 0 Å². The molecule has 0 radical (unpaired) electrons. The van der Waals surface area contributed by atoms with Gasteiger partial charge in [-0.2, -0.15) is 4.98 Å². The van der Waals surface area contributed by atoms with Gasteiger partial charge in [-0.05, 0) is 22.0 Å². The van der Waals surface area contributed by atoms with E-state index in [-0.39, 0.29) is 21.9 Å². The van der Waals surface area contributed by atoms with E-state index in [0.717, 1.165) is 6.07 Å². The zero-order valence-corrected chi connectivity index (χ0v) is 10.3. The zero-order valence-electron chi connectivity index (χ0n) is 8.67. The fraction of sp³-hybridized carbons (Fsp3) is 0. The summed E-state index contributed by atoms with van der Waals surface area (Å²) in [6.07, 6.45) is 0. The number of amides is 1. The van der Waals surface area contributed by atoms with Crippen LogP contribution in [0.15, 0.2) is 16.6 Å². The Hall–Kier alpha value is -2.03. The highest BCUT2D eigenvalue weighted by Crippen LogP contribution is 2.23. The van der Waals surface area contributed by atoms with E-state index >= 15 is 0 Å². The monoisotopic (exact) mass is 317 g/mol. The van der Waals surface area contributed by atoms with Gasteiger partial charge >= 0.3 is 0 Å². The molecule has 0 saturated carbocycles. The highest BCUT2D eigenvalue weighted by Gasteiger charge is 2.15. The SMILES string of the molecule is Nc1n[nH]c(C(=O)Nc2cc(Br)c(F)cc2F)n1. The highest BCUT2D eigenvalue weighted by atomic mass is 79.9. The Kier molecular flexibility index (Phi) is 3.24. The average Bonchev–Trinajstić information content (AvgIpc) is 2.73. The number of carbonyl (C=O) groups is 1. The number of benzene rings is 1. The van der Waals surface area contributed by atoms with Gasteiger partial charge in [0.2, 0.25) is 11.8 Å². The molecular weight excluding hydrogens is 312 g/mol. The van der Waals surface area contributed by atoms with Crippen LogP contribution in [-0.2, 0) is 0 Å². The average molecular weight is 318 g/mol. The van der Waals surface area contributed by atoms with Crippen LogP contribution >= 0.6 is 15.9 Å². The van der Waals surface area contributed by atoms with Gasteiger partial charge in [0.25, 0.3) is 5.91 Å². The van der Waals surface area contributed by atoms with Crippen molar-refractivity contribution in [2.24, 2.45) is 0 Å². The van der Waals surface area contributed by atoms with Crippen molar-refractivity contribution in [3.8, 4) is 0 Å². The van der Waals surface area contributed by atoms with Crippen LogP contribution in [0.5, 0.6) is 0 Å². The van der Waals surface area contributed by atoms with E-state index in [0.29, 0.717) is 6.07 Å². The summed E-state index contributed by atoms with van der Waals surface area (Å²) in [5.41, 5.74) is 5.03. The second kappa shape index (κ2) is 4.69. The topological polar surface area (TPSA) is 96.7 Å². The number of nitrogens with one attached hydrogen (secondary N) is 2. The summed E-state index contributed by atoms with van der Waals surface area (Å²) in [6, 6.07) is 1.75. The Bertz CT molecular complexity index is 615. The lowest BCUT2D eigenvalue weighted by Crippen LogP contribution is -2.15. The highest BCUT2D eigenvalue weighted by molar-refractivity contribution is 9.10. The maximum Gasteiger partial charge on any atom is 0.293 e. The second-order valence-corrected chi connectivity index (χ2v) is 4.10. The summed E-state index contributed by atoms with van der Waals surface area (Å²) in [4.78, 5) is 15.2. The smallest absolute Gasteiger partial charge is 0.293 e. The molecular formula is C9H6BrF2N5O. The van der Waals surface area contributed by atoms with Crippen molar-refractivity contribution < 1.29 is 13.6 Å². The van der Waals surface area contributed by atoms with Crippen LogP contribution in [-0.4, -0.2) is 21.1 Å². The lowest BCUT2D eigenvalue weighted by atomic mass is 10.3. The molecule has 0 saturated heterocycles. The molecule has 0 bridgehead atoms. The molecule has 0 fully saturated rings. The molecule has 1 heterocycles. The summed E-state index contributed by atoms with van der Waals surface area (Å²) in [5.74, 6) is -2.70. The molecule has 0 spiro atoms. The van der Waals surface area contributed by atoms with Gasteiger partial charge in [-0.15, -0.1) is 5.10 Å². The first-order valence-electron chi connectivity index (χ1n) is 4.61. The predicted molar refractivity (Wildman–Crippen MR) is 62.8 cm³/mol. The molecule has 18 heavy (non-hydrogen) atoms. The normalized spacial score (nSPS) is 10.4. The van der Waals surface area contributed by atoms with Crippen molar-refractivity contribution in [3.63, 3.8) is 0 Å². The van der Waals surface area contributed by atoms with Crippen LogP contribution in [0.4, 0.5) is 20.4 Å². The Morgan fingerprint density at radius 1 is 1.39 bits per heavy atom. The number of nitrogen functional groups attached to an aromatic ring is 1. The van der Waals surface area contributed by atoms with E-state index in [1.807, 2.05) is 0 Å². The van der Waals surface area contributed by atoms with Crippen molar-refractivity contribution in [3.05, 3.63) is 34.1 Å². The molecule has 0 aliphatic heterocycles. The Balaban J connectivity index is 2.24. The molecule has 6 nitrogen and oxygen atoms in total. The maximum absolute atomic E-state index is 13.4. The summed E-state index contributed by atoms with van der Waals surface area (Å²) in [7, 11) is 0. The molecule has 1 amide bonds. The Morgan fingerprint density at radius 2 is 2.11 bits per heavy atom. The quantitative estimate of drug-likeness (QED) is 0.734. The zero-order chi connectivity index (χ0) is 13.3.